The molecule has 0 spiro atoms. The van der Waals surface area contributed by atoms with E-state index in [1.54, 1.807) is 6.07 Å². The second-order valence-corrected chi connectivity index (χ2v) is 20.7. The average Bonchev–Trinajstić information content (AvgIpc) is 3.50. The number of carbonyl (C=O) groups is 3. The minimum Gasteiger partial charge on any atom is -0.744 e. The summed E-state index contributed by atoms with van der Waals surface area (Å²) in [7, 11) is -4.82. The molecule has 8 rings (SSSR count). The Hall–Kier alpha value is -7.36. The van der Waals surface area contributed by atoms with E-state index >= 15 is 0 Å². The lowest BCUT2D eigenvalue weighted by Gasteiger charge is -2.35. The van der Waals surface area contributed by atoms with Crippen LogP contribution in [0.3, 0.4) is 0 Å². The lowest BCUT2D eigenvalue weighted by molar-refractivity contribution is -0.519. The number of allylic oxidation sites excluding steroid dienone is 9. The molecular formula is C55H54N2O12S. The van der Waals surface area contributed by atoms with E-state index in [2.05, 4.69) is 74.9 Å². The summed E-state index contributed by atoms with van der Waals surface area (Å²) in [6, 6.07) is 15.0. The van der Waals surface area contributed by atoms with Gasteiger partial charge in [-0.25, -0.2) is 22.6 Å². The van der Waals surface area contributed by atoms with Crippen LogP contribution in [0, 0.1) is 17.3 Å². The van der Waals surface area contributed by atoms with Crippen LogP contribution in [-0.4, -0.2) is 69.5 Å². The summed E-state index contributed by atoms with van der Waals surface area (Å²) < 4.78 is 51.9. The molecule has 2 heterocycles. The summed E-state index contributed by atoms with van der Waals surface area (Å²) in [5.74, 6) is -2.77. The Bertz CT molecular complexity index is 3350. The molecule has 3 aromatic carbocycles. The van der Waals surface area contributed by atoms with Gasteiger partial charge in [0.05, 0.1) is 28.1 Å². The van der Waals surface area contributed by atoms with Crippen molar-refractivity contribution in [3.63, 3.8) is 0 Å². The zero-order chi connectivity index (χ0) is 50.6. The lowest BCUT2D eigenvalue weighted by atomic mass is 9.79. The molecule has 5 aliphatic rings. The van der Waals surface area contributed by atoms with Crippen molar-refractivity contribution < 1.29 is 56.4 Å². The first-order valence-electron chi connectivity index (χ1n) is 23.0. The van der Waals surface area contributed by atoms with Crippen molar-refractivity contribution in [2.75, 3.05) is 13.1 Å². The number of nitrogens with one attached hydrogen (secondary N) is 1. The fourth-order valence-corrected chi connectivity index (χ4v) is 10.5. The van der Waals surface area contributed by atoms with E-state index in [0.717, 1.165) is 35.9 Å². The average molecular weight is 967 g/mol. The molecule has 14 nitrogen and oxygen atoms in total. The molecule has 3 aliphatic carbocycles. The number of carbonyl (C=O) groups excluding carboxylic acids is 1. The number of hydrogen-bond acceptors (Lipinski definition) is 10. The molecule has 2 aliphatic heterocycles. The highest BCUT2D eigenvalue weighted by Gasteiger charge is 2.43. The van der Waals surface area contributed by atoms with Crippen molar-refractivity contribution in [3.8, 4) is 28.2 Å². The van der Waals surface area contributed by atoms with E-state index in [4.69, 9.17) is 9.15 Å². The fourth-order valence-electron chi connectivity index (χ4n) is 9.99. The molecule has 0 saturated heterocycles. The topological polar surface area (TPSA) is 224 Å². The number of aromatic carboxylic acids is 2. The second kappa shape index (κ2) is 18.5. The maximum absolute atomic E-state index is 14.3. The maximum Gasteiger partial charge on any atom is 0.337 e. The molecule has 3 aromatic rings. The number of carboxylic acids is 2. The number of rotatable bonds is 12. The van der Waals surface area contributed by atoms with Gasteiger partial charge in [-0.05, 0) is 79.1 Å². The number of benzene rings is 4. The number of ether oxygens (including phenoxy) is 1. The number of nitrogens with zero attached hydrogens (tertiary/aromatic N) is 1. The summed E-state index contributed by atoms with van der Waals surface area (Å²) in [5, 5.41) is 34.7. The monoisotopic (exact) mass is 966 g/mol. The molecule has 3 unspecified atom stereocenters. The number of phenolic OH excluding ortho intramolecular Hbond substituents is 1. The number of hydrogen-bond donors (Lipinski definition) is 4. The predicted molar refractivity (Wildman–Crippen MR) is 263 cm³/mol. The van der Waals surface area contributed by atoms with Gasteiger partial charge in [0.25, 0.3) is 0 Å². The number of carboxylic acid groups (broad SMARTS) is 2. The molecule has 0 saturated carbocycles. The van der Waals surface area contributed by atoms with Crippen LogP contribution >= 0.6 is 0 Å². The minimum atomic E-state index is -4.82. The SMILES string of the molecule is CC[N+](CC)=C1C=CC2C(=C1)OC(C(C)(C)C)=CC2/C=C/C=C1/C(CC(=O)NCc2c(O)ccc3c(-c4cccc(C(=O)O)c4C(=O)O)c4ccc(=O)cc-4oc23)c2ccc(S(=O)(=O)[O-])cc2C1(C)C. The van der Waals surface area contributed by atoms with Crippen LogP contribution in [0.2, 0.25) is 0 Å². The predicted octanol–water partition coefficient (Wildman–Crippen LogP) is 9.27. The first kappa shape index (κ1) is 49.1. The van der Waals surface area contributed by atoms with Crippen LogP contribution in [-0.2, 0) is 31.6 Å². The highest BCUT2D eigenvalue weighted by atomic mass is 32.2. The second-order valence-electron chi connectivity index (χ2n) is 19.3. The van der Waals surface area contributed by atoms with Gasteiger partial charge in [0.1, 0.15) is 51.8 Å². The first-order chi connectivity index (χ1) is 33.0. The number of fused-ring (bicyclic) bond motifs is 4. The van der Waals surface area contributed by atoms with Gasteiger partial charge in [-0.2, -0.15) is 0 Å². The van der Waals surface area contributed by atoms with E-state index in [1.165, 1.54) is 60.7 Å². The van der Waals surface area contributed by atoms with Crippen LogP contribution in [0.5, 0.6) is 5.75 Å². The van der Waals surface area contributed by atoms with E-state index < -0.39 is 55.9 Å². The summed E-state index contributed by atoms with van der Waals surface area (Å²) in [4.78, 5) is 51.4. The zero-order valence-corrected chi connectivity index (χ0v) is 40.6. The molecule has 70 heavy (non-hydrogen) atoms. The Kier molecular flexibility index (Phi) is 13.0. The van der Waals surface area contributed by atoms with Gasteiger partial charge in [0.2, 0.25) is 11.6 Å². The van der Waals surface area contributed by atoms with Crippen molar-refractivity contribution in [1.29, 1.82) is 0 Å². The zero-order valence-electron chi connectivity index (χ0n) is 39.8. The third-order valence-electron chi connectivity index (χ3n) is 13.6. The van der Waals surface area contributed by atoms with Gasteiger partial charge in [-0.1, -0.05) is 82.7 Å². The van der Waals surface area contributed by atoms with Crippen LogP contribution in [0.25, 0.3) is 33.4 Å². The van der Waals surface area contributed by atoms with Gasteiger partial charge in [0, 0.05) is 69.7 Å². The fraction of sp³-hybridized carbons (Fsp3) is 0.291. The highest BCUT2D eigenvalue weighted by molar-refractivity contribution is 7.85. The van der Waals surface area contributed by atoms with Crippen LogP contribution in [0.1, 0.15) is 98.2 Å². The number of amides is 1. The molecule has 362 valence electrons. The third-order valence-corrected chi connectivity index (χ3v) is 14.4. The maximum atomic E-state index is 14.3. The number of phenols is 1. The van der Waals surface area contributed by atoms with E-state index in [-0.39, 0.29) is 74.3 Å². The van der Waals surface area contributed by atoms with Crippen LogP contribution in [0.15, 0.2) is 140 Å². The van der Waals surface area contributed by atoms with Gasteiger partial charge >= 0.3 is 11.9 Å². The molecule has 0 bridgehead atoms. The van der Waals surface area contributed by atoms with E-state index in [0.29, 0.717) is 16.7 Å². The molecule has 1 amide bonds. The quantitative estimate of drug-likeness (QED) is 0.0522. The summed E-state index contributed by atoms with van der Waals surface area (Å²) in [6.45, 7) is 15.7. The summed E-state index contributed by atoms with van der Waals surface area (Å²) in [5.41, 5.74) is 1.27. The molecule has 4 N–H and O–H groups in total. The first-order valence-corrected chi connectivity index (χ1v) is 24.4. The standard InChI is InChI=1S/C55H54N2O12S/c1-8-57(9-2)31-16-19-34-30(24-47(54(3,4)5)68-45(34)25-31)12-10-15-42-40(35-21-18-33(70(65,66)67)27-43(35)55(42,6)7)28-48(60)56-29-41-44(59)23-22-38-49(36-20-17-32(58)26-46(36)69-51(38)41)37-13-11-14-39(52(61)62)50(37)53(63)64/h10-27,30,34,40H,8-9,28-29H2,1-7H3,(H4-,56,58,59,60,61,62,63,64,65,66,67)/b12-10+,42-15-. The Balaban J connectivity index is 1.17. The number of aromatic hydroxyl groups is 1. The van der Waals surface area contributed by atoms with E-state index in [9.17, 15) is 47.5 Å². The Morgan fingerprint density at radius 1 is 0.957 bits per heavy atom. The minimum absolute atomic E-state index is 0.0136. The third kappa shape index (κ3) is 9.14. The molecule has 0 aromatic heterocycles. The molecular weight excluding hydrogens is 913 g/mol. The van der Waals surface area contributed by atoms with Gasteiger partial charge in [0.15, 0.2) is 5.43 Å². The lowest BCUT2D eigenvalue weighted by Crippen LogP contribution is -2.29. The summed E-state index contributed by atoms with van der Waals surface area (Å²) in [6.07, 6.45) is 14.4. The largest absolute Gasteiger partial charge is 0.744 e. The van der Waals surface area contributed by atoms with Gasteiger partial charge < -0.3 is 34.3 Å². The van der Waals surface area contributed by atoms with Crippen molar-refractivity contribution in [2.24, 2.45) is 17.3 Å². The molecule has 0 fully saturated rings. The van der Waals surface area contributed by atoms with Gasteiger partial charge in [-0.3, -0.25) is 9.59 Å². The Morgan fingerprint density at radius 2 is 1.70 bits per heavy atom. The van der Waals surface area contributed by atoms with Crippen molar-refractivity contribution in [2.45, 2.75) is 77.7 Å². The van der Waals surface area contributed by atoms with E-state index in [1.807, 2.05) is 26.0 Å². The van der Waals surface area contributed by atoms with Crippen molar-refractivity contribution in [3.05, 3.63) is 164 Å². The van der Waals surface area contributed by atoms with Crippen LogP contribution < -0.4 is 10.7 Å². The van der Waals surface area contributed by atoms with Crippen molar-refractivity contribution in [1.82, 2.24) is 5.32 Å². The Labute approximate surface area is 405 Å². The smallest absolute Gasteiger partial charge is 0.337 e. The highest BCUT2D eigenvalue weighted by Crippen LogP contribution is 2.52. The molecule has 3 atom stereocenters. The van der Waals surface area contributed by atoms with Crippen molar-refractivity contribution >= 4 is 44.6 Å². The van der Waals surface area contributed by atoms with Gasteiger partial charge in [-0.15, -0.1) is 0 Å². The molecule has 15 heteroatoms. The Morgan fingerprint density at radius 3 is 2.37 bits per heavy atom. The summed E-state index contributed by atoms with van der Waals surface area (Å²) >= 11 is 0. The van der Waals surface area contributed by atoms with Crippen LogP contribution in [0.4, 0.5) is 0 Å². The molecule has 0 radical (unpaired) electrons. The normalized spacial score (nSPS) is 19.2.